The molecular formula is C23H40O5Si. The first kappa shape index (κ1) is 25.8. The van der Waals surface area contributed by atoms with Crippen molar-refractivity contribution < 1.29 is 23.4 Å². The molecule has 0 radical (unpaired) electrons. The van der Waals surface area contributed by atoms with Crippen LogP contribution in [0.5, 0.6) is 0 Å². The Balaban J connectivity index is 2.85. The number of hydrogen-bond acceptors (Lipinski definition) is 5. The second kappa shape index (κ2) is 9.73. The molecule has 0 aromatic rings. The number of ether oxygens (including phenoxy) is 3. The molecule has 1 heterocycles. The van der Waals surface area contributed by atoms with Crippen LogP contribution in [0.1, 0.15) is 48.5 Å². The highest BCUT2D eigenvalue weighted by Crippen LogP contribution is 2.37. The van der Waals surface area contributed by atoms with Crippen LogP contribution in [-0.4, -0.2) is 45.5 Å². The van der Waals surface area contributed by atoms with Crippen molar-refractivity contribution >= 4 is 14.3 Å². The summed E-state index contributed by atoms with van der Waals surface area (Å²) in [7, 11) is -2.00. The van der Waals surface area contributed by atoms with E-state index in [-0.39, 0.29) is 16.6 Å². The fourth-order valence-electron chi connectivity index (χ4n) is 2.44. The number of carbonyl (C=O) groups is 1. The monoisotopic (exact) mass is 424 g/mol. The Labute approximate surface area is 178 Å². The third-order valence-corrected chi connectivity index (χ3v) is 10.1. The number of rotatable bonds is 8. The Morgan fingerprint density at radius 2 is 1.69 bits per heavy atom. The molecule has 166 valence electrons. The molecule has 1 aliphatic rings. The Hall–Kier alpha value is -1.21. The molecule has 6 heteroatoms. The van der Waals surface area contributed by atoms with Gasteiger partial charge in [-0.15, -0.1) is 0 Å². The highest BCUT2D eigenvalue weighted by atomic mass is 28.4. The summed E-state index contributed by atoms with van der Waals surface area (Å²) >= 11 is 0. The maximum Gasteiger partial charge on any atom is 0.330 e. The molecule has 0 bridgehead atoms. The third kappa shape index (κ3) is 8.20. The molecular weight excluding hydrogens is 384 g/mol. The van der Waals surface area contributed by atoms with E-state index in [1.54, 1.807) is 0 Å². The molecule has 1 fully saturated rings. The van der Waals surface area contributed by atoms with Crippen molar-refractivity contribution in [3.63, 3.8) is 0 Å². The minimum atomic E-state index is -2.00. The van der Waals surface area contributed by atoms with Crippen molar-refractivity contribution in [1.29, 1.82) is 0 Å². The van der Waals surface area contributed by atoms with E-state index >= 15 is 0 Å². The summed E-state index contributed by atoms with van der Waals surface area (Å²) in [5.41, 5.74) is 0.0176. The molecule has 0 aromatic heterocycles. The molecule has 0 N–H and O–H groups in total. The van der Waals surface area contributed by atoms with Gasteiger partial charge < -0.3 is 18.6 Å². The van der Waals surface area contributed by atoms with Crippen molar-refractivity contribution in [2.75, 3.05) is 13.2 Å². The molecule has 1 rings (SSSR count). The summed E-state index contributed by atoms with van der Waals surface area (Å²) in [4.78, 5) is 11.8. The van der Waals surface area contributed by atoms with Crippen LogP contribution in [0.3, 0.4) is 0 Å². The second-order valence-electron chi connectivity index (χ2n) is 10.2. The van der Waals surface area contributed by atoms with Crippen LogP contribution in [0.4, 0.5) is 0 Å². The Kier molecular flexibility index (Phi) is 8.66. The molecule has 29 heavy (non-hydrogen) atoms. The van der Waals surface area contributed by atoms with E-state index < -0.39 is 26.2 Å². The minimum Gasteiger partial charge on any atom is -0.452 e. The van der Waals surface area contributed by atoms with Crippen molar-refractivity contribution in [1.82, 2.24) is 0 Å². The van der Waals surface area contributed by atoms with E-state index in [9.17, 15) is 4.79 Å². The van der Waals surface area contributed by atoms with Gasteiger partial charge in [-0.25, -0.2) is 4.79 Å². The van der Waals surface area contributed by atoms with Crippen molar-refractivity contribution in [3.05, 3.63) is 37.0 Å². The lowest BCUT2D eigenvalue weighted by atomic mass is 9.95. The van der Waals surface area contributed by atoms with Gasteiger partial charge in [0.1, 0.15) is 6.10 Å². The molecule has 0 saturated carbocycles. The van der Waals surface area contributed by atoms with Crippen LogP contribution in [0.15, 0.2) is 37.0 Å². The minimum absolute atomic E-state index is 0.0176. The van der Waals surface area contributed by atoms with Crippen LogP contribution in [0, 0.1) is 5.41 Å². The van der Waals surface area contributed by atoms with Gasteiger partial charge in [0.25, 0.3) is 0 Å². The fourth-order valence-corrected chi connectivity index (χ4v) is 3.86. The van der Waals surface area contributed by atoms with Crippen molar-refractivity contribution in [3.8, 4) is 0 Å². The van der Waals surface area contributed by atoms with E-state index in [0.717, 1.165) is 0 Å². The lowest BCUT2D eigenvalue weighted by molar-refractivity contribution is -0.262. The first-order valence-electron chi connectivity index (χ1n) is 10.3. The first-order valence-corrected chi connectivity index (χ1v) is 13.2. The van der Waals surface area contributed by atoms with Gasteiger partial charge in [0.05, 0.1) is 19.3 Å². The van der Waals surface area contributed by atoms with E-state index in [4.69, 9.17) is 18.6 Å². The zero-order valence-electron chi connectivity index (χ0n) is 19.7. The zero-order valence-corrected chi connectivity index (χ0v) is 20.7. The Morgan fingerprint density at radius 3 is 2.17 bits per heavy atom. The van der Waals surface area contributed by atoms with Crippen LogP contribution in [0.25, 0.3) is 0 Å². The Morgan fingerprint density at radius 1 is 1.14 bits per heavy atom. The Bertz CT molecular complexity index is 618. The molecule has 0 spiro atoms. The average molecular weight is 425 g/mol. The van der Waals surface area contributed by atoms with Gasteiger partial charge in [0.15, 0.2) is 14.1 Å². The summed E-state index contributed by atoms with van der Waals surface area (Å²) in [6, 6.07) is 0. The molecule has 0 aliphatic carbocycles. The number of esters is 1. The quantitative estimate of drug-likeness (QED) is 0.226. The van der Waals surface area contributed by atoms with Crippen LogP contribution >= 0.6 is 0 Å². The van der Waals surface area contributed by atoms with Crippen LogP contribution in [0.2, 0.25) is 18.1 Å². The van der Waals surface area contributed by atoms with Gasteiger partial charge in [-0.3, -0.25) is 0 Å². The summed E-state index contributed by atoms with van der Waals surface area (Å²) in [5, 5.41) is 0.0654. The first-order chi connectivity index (χ1) is 13.1. The normalized spacial score (nSPS) is 21.8. The SMILES string of the molecule is C=CC(=O)O[C@H](/C=C/C=C/C1(C)OCC(C)(C)CO1)[C@H](C)O[Si](C)(C)C(C)(C)C. The van der Waals surface area contributed by atoms with Gasteiger partial charge in [-0.2, -0.15) is 0 Å². The van der Waals surface area contributed by atoms with Gasteiger partial charge >= 0.3 is 5.97 Å². The molecule has 1 aliphatic heterocycles. The van der Waals surface area contributed by atoms with E-state index in [1.807, 2.05) is 38.2 Å². The third-order valence-electron chi connectivity index (χ3n) is 5.48. The maximum absolute atomic E-state index is 11.8. The van der Waals surface area contributed by atoms with Gasteiger partial charge in [0, 0.05) is 11.5 Å². The summed E-state index contributed by atoms with van der Waals surface area (Å²) in [5.74, 6) is -1.22. The number of hydrogen-bond donors (Lipinski definition) is 0. The largest absolute Gasteiger partial charge is 0.452 e. The van der Waals surface area contributed by atoms with Crippen LogP contribution in [-0.2, 0) is 23.4 Å². The van der Waals surface area contributed by atoms with Gasteiger partial charge in [0.2, 0.25) is 0 Å². The topological polar surface area (TPSA) is 54.0 Å². The standard InChI is InChI=1S/C23H40O5Si/c1-11-20(24)27-19(18(2)28-29(9,10)21(3,4)5)14-12-13-15-23(8)25-16-22(6,7)17-26-23/h11-15,18-19H,1,16-17H2,2-10H3/b14-12+,15-13+/t18-,19+/m0/s1. The van der Waals surface area contributed by atoms with Crippen molar-refractivity contribution in [2.24, 2.45) is 5.41 Å². The maximum atomic E-state index is 11.8. The fraction of sp³-hybridized carbons (Fsp3) is 0.696. The smallest absolute Gasteiger partial charge is 0.330 e. The summed E-state index contributed by atoms with van der Waals surface area (Å²) in [6.07, 6.45) is 7.76. The summed E-state index contributed by atoms with van der Waals surface area (Å²) < 4.78 is 23.6. The van der Waals surface area contributed by atoms with E-state index in [1.165, 1.54) is 6.08 Å². The van der Waals surface area contributed by atoms with Gasteiger partial charge in [-0.1, -0.05) is 53.3 Å². The molecule has 1 saturated heterocycles. The number of allylic oxidation sites excluding steroid dienone is 2. The molecule has 5 nitrogen and oxygen atoms in total. The zero-order chi connectivity index (χ0) is 22.5. The molecule has 0 unspecified atom stereocenters. The highest BCUT2D eigenvalue weighted by Gasteiger charge is 2.40. The van der Waals surface area contributed by atoms with E-state index in [0.29, 0.717) is 13.2 Å². The van der Waals surface area contributed by atoms with Crippen LogP contribution < -0.4 is 0 Å². The summed E-state index contributed by atoms with van der Waals surface area (Å²) in [6.45, 7) is 23.7. The second-order valence-corrected chi connectivity index (χ2v) is 14.9. The lowest BCUT2D eigenvalue weighted by Gasteiger charge is -2.40. The van der Waals surface area contributed by atoms with Gasteiger partial charge in [-0.05, 0) is 44.1 Å². The molecule has 2 atom stereocenters. The number of carbonyl (C=O) groups excluding carboxylic acids is 1. The lowest BCUT2D eigenvalue weighted by Crippen LogP contribution is -2.46. The van der Waals surface area contributed by atoms with E-state index in [2.05, 4.69) is 54.3 Å². The van der Waals surface area contributed by atoms with Crippen molar-refractivity contribution in [2.45, 2.75) is 84.6 Å². The molecule has 0 aromatic carbocycles. The highest BCUT2D eigenvalue weighted by molar-refractivity contribution is 6.74. The predicted octanol–water partition coefficient (Wildman–Crippen LogP) is 5.40. The average Bonchev–Trinajstić information content (AvgIpc) is 2.59. The molecule has 0 amide bonds. The predicted molar refractivity (Wildman–Crippen MR) is 120 cm³/mol.